The summed E-state index contributed by atoms with van der Waals surface area (Å²) in [7, 11) is -1.36. The Hall–Kier alpha value is -2.64. The van der Waals surface area contributed by atoms with Crippen LogP contribution in [0, 0.1) is 0 Å². The molecule has 126 valence electrons. The number of anilines is 1. The average molecular weight is 347 g/mol. The fraction of sp³-hybridized carbons (Fsp3) is 0.118. The molecule has 0 saturated heterocycles. The summed E-state index contributed by atoms with van der Waals surface area (Å²) in [4.78, 5) is 16.3. The summed E-state index contributed by atoms with van der Waals surface area (Å²) in [5, 5.41) is 0. The maximum absolute atomic E-state index is 12.8. The van der Waals surface area contributed by atoms with Crippen molar-refractivity contribution in [1.29, 1.82) is 0 Å². The first-order valence-corrected chi connectivity index (χ1v) is 8.43. The van der Waals surface area contributed by atoms with Crippen molar-refractivity contribution in [2.24, 2.45) is 0 Å². The summed E-state index contributed by atoms with van der Waals surface area (Å²) in [5.74, 6) is -0.522. The second-order valence-corrected chi connectivity index (χ2v) is 6.43. The Morgan fingerprint density at radius 2 is 1.75 bits per heavy atom. The van der Waals surface area contributed by atoms with Crippen LogP contribution in [-0.4, -0.2) is 28.6 Å². The summed E-state index contributed by atoms with van der Waals surface area (Å²) in [6, 6.07) is 14.6. The number of esters is 1. The number of hydrogen-bond acceptors (Lipinski definition) is 5. The maximum atomic E-state index is 12.8. The third kappa shape index (κ3) is 4.01. The summed E-state index contributed by atoms with van der Waals surface area (Å²) in [6.07, 6.45) is 2.70. The van der Waals surface area contributed by atoms with Gasteiger partial charge in [-0.3, -0.25) is 4.84 Å². The van der Waals surface area contributed by atoms with Crippen LogP contribution >= 0.6 is 0 Å². The molecule has 0 atom stereocenters. The predicted octanol–water partition coefficient (Wildman–Crippen LogP) is 2.63. The zero-order chi connectivity index (χ0) is 17.6. The van der Waals surface area contributed by atoms with E-state index in [0.29, 0.717) is 11.3 Å². The van der Waals surface area contributed by atoms with Gasteiger partial charge in [-0.2, -0.15) is 8.42 Å². The van der Waals surface area contributed by atoms with E-state index in [9.17, 15) is 13.2 Å². The van der Waals surface area contributed by atoms with E-state index < -0.39 is 16.0 Å². The van der Waals surface area contributed by atoms with Crippen LogP contribution < -0.4 is 4.47 Å². The second kappa shape index (κ2) is 7.76. The van der Waals surface area contributed by atoms with Crippen LogP contribution in [0.2, 0.25) is 0 Å². The lowest BCUT2D eigenvalue weighted by atomic mass is 10.2. The van der Waals surface area contributed by atoms with Gasteiger partial charge < -0.3 is 4.74 Å². The van der Waals surface area contributed by atoms with Gasteiger partial charge in [-0.05, 0) is 35.9 Å². The number of nitrogens with zero attached hydrogens (tertiary/aromatic N) is 1. The molecule has 0 unspecified atom stereocenters. The Bertz CT molecular complexity index is 831. The molecule has 0 aliphatic heterocycles. The van der Waals surface area contributed by atoms with Crippen molar-refractivity contribution in [3.63, 3.8) is 0 Å². The minimum absolute atomic E-state index is 0.0419. The first-order chi connectivity index (χ1) is 11.5. The van der Waals surface area contributed by atoms with Gasteiger partial charge in [-0.25, -0.2) is 4.79 Å². The van der Waals surface area contributed by atoms with Gasteiger partial charge in [0, 0.05) is 6.08 Å². The van der Waals surface area contributed by atoms with Crippen molar-refractivity contribution in [2.75, 3.05) is 18.7 Å². The molecular formula is C17H17NO5S. The van der Waals surface area contributed by atoms with Crippen LogP contribution in [0.3, 0.4) is 0 Å². The third-order valence-corrected chi connectivity index (χ3v) is 4.77. The molecule has 0 aliphatic carbocycles. The monoisotopic (exact) mass is 347 g/mol. The fourth-order valence-corrected chi connectivity index (χ4v) is 3.32. The first-order valence-electron chi connectivity index (χ1n) is 6.99. The lowest BCUT2D eigenvalue weighted by Crippen LogP contribution is -2.29. The van der Waals surface area contributed by atoms with Gasteiger partial charge in [0.1, 0.15) is 0 Å². The molecule has 0 radical (unpaired) electrons. The van der Waals surface area contributed by atoms with Crippen LogP contribution in [-0.2, 0) is 24.4 Å². The molecule has 0 saturated carbocycles. The molecule has 24 heavy (non-hydrogen) atoms. The largest absolute Gasteiger partial charge is 0.466 e. The van der Waals surface area contributed by atoms with Crippen LogP contribution in [0.15, 0.2) is 65.6 Å². The summed E-state index contributed by atoms with van der Waals surface area (Å²) in [6.45, 7) is 0. The highest BCUT2D eigenvalue weighted by Gasteiger charge is 2.25. The van der Waals surface area contributed by atoms with E-state index in [1.165, 1.54) is 38.5 Å². The minimum atomic E-state index is -3.91. The number of hydrogen-bond donors (Lipinski definition) is 0. The van der Waals surface area contributed by atoms with E-state index in [4.69, 9.17) is 4.84 Å². The highest BCUT2D eigenvalue weighted by Crippen LogP contribution is 2.24. The third-order valence-electron chi connectivity index (χ3n) is 3.12. The van der Waals surface area contributed by atoms with E-state index >= 15 is 0 Å². The number of sulfonamides is 1. The average Bonchev–Trinajstić information content (AvgIpc) is 2.61. The van der Waals surface area contributed by atoms with E-state index in [2.05, 4.69) is 4.74 Å². The Morgan fingerprint density at radius 3 is 2.38 bits per heavy atom. The molecule has 0 N–H and O–H groups in total. The molecule has 0 spiro atoms. The fourth-order valence-electron chi connectivity index (χ4n) is 2.00. The molecule has 0 bridgehead atoms. The number of rotatable bonds is 6. The molecule has 2 aromatic rings. The number of carbonyl (C=O) groups excluding carboxylic acids is 1. The molecule has 2 rings (SSSR count). The molecule has 6 nitrogen and oxygen atoms in total. The van der Waals surface area contributed by atoms with E-state index in [1.54, 1.807) is 42.5 Å². The van der Waals surface area contributed by atoms with Gasteiger partial charge in [0.25, 0.3) is 10.0 Å². The zero-order valence-electron chi connectivity index (χ0n) is 13.2. The quantitative estimate of drug-likeness (QED) is 0.456. The van der Waals surface area contributed by atoms with Gasteiger partial charge in [0.05, 0.1) is 24.8 Å². The van der Waals surface area contributed by atoms with Gasteiger partial charge >= 0.3 is 5.97 Å². The topological polar surface area (TPSA) is 72.9 Å². The normalized spacial score (nSPS) is 11.4. The highest BCUT2D eigenvalue weighted by atomic mass is 32.2. The van der Waals surface area contributed by atoms with Crippen molar-refractivity contribution in [2.45, 2.75) is 4.90 Å². The molecule has 2 aromatic carbocycles. The number of carbonyl (C=O) groups is 1. The number of ether oxygens (including phenoxy) is 1. The van der Waals surface area contributed by atoms with Gasteiger partial charge in [0.2, 0.25) is 0 Å². The van der Waals surface area contributed by atoms with Gasteiger partial charge in [-0.15, -0.1) is 4.47 Å². The van der Waals surface area contributed by atoms with Crippen LogP contribution in [0.1, 0.15) is 5.56 Å². The maximum Gasteiger partial charge on any atom is 0.330 e. The summed E-state index contributed by atoms with van der Waals surface area (Å²) >= 11 is 0. The molecule has 7 heteroatoms. The van der Waals surface area contributed by atoms with Crippen molar-refractivity contribution in [3.05, 3.63) is 66.2 Å². The second-order valence-electron chi connectivity index (χ2n) is 4.68. The zero-order valence-corrected chi connectivity index (χ0v) is 14.1. The smallest absolute Gasteiger partial charge is 0.330 e. The van der Waals surface area contributed by atoms with E-state index in [1.807, 2.05) is 0 Å². The molecule has 0 heterocycles. The van der Waals surface area contributed by atoms with Gasteiger partial charge in [-0.1, -0.05) is 30.3 Å². The molecule has 0 fully saturated rings. The lowest BCUT2D eigenvalue weighted by Gasteiger charge is -2.21. The molecule has 0 amide bonds. The van der Waals surface area contributed by atoms with Crippen LogP contribution in [0.5, 0.6) is 0 Å². The molecule has 0 aromatic heterocycles. The Labute approximate surface area is 140 Å². The number of methoxy groups -OCH3 is 1. The van der Waals surface area contributed by atoms with Crippen molar-refractivity contribution in [1.82, 2.24) is 0 Å². The Morgan fingerprint density at radius 1 is 1.04 bits per heavy atom. The molecule has 0 aliphatic rings. The lowest BCUT2D eigenvalue weighted by molar-refractivity contribution is -0.134. The highest BCUT2D eigenvalue weighted by molar-refractivity contribution is 7.92. The van der Waals surface area contributed by atoms with Crippen molar-refractivity contribution >= 4 is 27.8 Å². The van der Waals surface area contributed by atoms with Crippen LogP contribution in [0.4, 0.5) is 5.69 Å². The summed E-state index contributed by atoms with van der Waals surface area (Å²) in [5.41, 5.74) is 0.932. The van der Waals surface area contributed by atoms with Gasteiger partial charge in [0.15, 0.2) is 0 Å². The number of para-hydroxylation sites is 1. The summed E-state index contributed by atoms with van der Waals surface area (Å²) < 4.78 is 30.9. The first kappa shape index (κ1) is 17.7. The SMILES string of the molecule is COC(=O)C=Cc1cccc(S(=O)(=O)N(OC)c2ccccc2)c1. The van der Waals surface area contributed by atoms with Crippen molar-refractivity contribution < 1.29 is 22.8 Å². The Kier molecular flexibility index (Phi) is 5.73. The van der Waals surface area contributed by atoms with E-state index in [0.717, 1.165) is 4.47 Å². The van der Waals surface area contributed by atoms with Crippen molar-refractivity contribution in [3.8, 4) is 0 Å². The minimum Gasteiger partial charge on any atom is -0.466 e. The number of benzene rings is 2. The van der Waals surface area contributed by atoms with E-state index in [-0.39, 0.29) is 4.90 Å². The standard InChI is InChI=1S/C17H17NO5S/c1-22-17(19)12-11-14-7-6-10-16(13-14)24(20,21)18(23-2)15-8-4-3-5-9-15/h3-13H,1-2H3. The Balaban J connectivity index is 2.38. The van der Waals surface area contributed by atoms with Crippen LogP contribution in [0.25, 0.3) is 6.08 Å². The predicted molar refractivity (Wildman–Crippen MR) is 90.6 cm³/mol. The molecular weight excluding hydrogens is 330 g/mol.